The van der Waals surface area contributed by atoms with E-state index in [0.29, 0.717) is 29.3 Å². The molecule has 0 unspecified atom stereocenters. The number of nitrogens with one attached hydrogen (secondary N) is 1. The summed E-state index contributed by atoms with van der Waals surface area (Å²) in [6.45, 7) is 5.84. The molecule has 2 aromatic heterocycles. The number of carbonyl (C=O) groups is 3. The molecule has 178 valence electrons. The fraction of sp³-hybridized carbons (Fsp3) is 0.348. The molecule has 0 radical (unpaired) electrons. The van der Waals surface area contributed by atoms with Crippen LogP contribution in [-0.4, -0.2) is 62.4 Å². The first kappa shape index (κ1) is 23.5. The number of amides is 3. The van der Waals surface area contributed by atoms with Gasteiger partial charge in [0.15, 0.2) is 5.82 Å². The summed E-state index contributed by atoms with van der Waals surface area (Å²) < 4.78 is 1.63. The lowest BCUT2D eigenvalue weighted by atomic mass is 9.96. The van der Waals surface area contributed by atoms with Crippen LogP contribution in [-0.2, 0) is 14.4 Å². The van der Waals surface area contributed by atoms with Crippen LogP contribution in [0.15, 0.2) is 36.7 Å². The number of benzene rings is 1. The molecule has 4 rings (SSSR count). The van der Waals surface area contributed by atoms with E-state index in [9.17, 15) is 14.4 Å². The molecular weight excluding hydrogens is 458 g/mol. The van der Waals surface area contributed by atoms with Gasteiger partial charge in [0.05, 0.1) is 10.7 Å². The van der Waals surface area contributed by atoms with E-state index >= 15 is 0 Å². The highest BCUT2D eigenvalue weighted by atomic mass is 35.5. The molecule has 0 aliphatic carbocycles. The monoisotopic (exact) mass is 483 g/mol. The average Bonchev–Trinajstić information content (AvgIpc) is 3.13. The fourth-order valence-corrected chi connectivity index (χ4v) is 4.53. The number of nitrogens with zero attached hydrogens (tertiary/aromatic N) is 5. The van der Waals surface area contributed by atoms with Gasteiger partial charge in [0, 0.05) is 44.2 Å². The zero-order valence-electron chi connectivity index (χ0n) is 19.2. The van der Waals surface area contributed by atoms with Crippen LogP contribution in [0, 0.1) is 0 Å². The van der Waals surface area contributed by atoms with Crippen molar-refractivity contribution in [2.24, 2.45) is 0 Å². The Morgan fingerprint density at radius 3 is 2.74 bits per heavy atom. The van der Waals surface area contributed by atoms with E-state index < -0.39 is 5.54 Å². The quantitative estimate of drug-likeness (QED) is 0.572. The first-order chi connectivity index (χ1) is 16.1. The van der Waals surface area contributed by atoms with Gasteiger partial charge < -0.3 is 20.9 Å². The first-order valence-electron chi connectivity index (χ1n) is 10.9. The largest absolute Gasteiger partial charge is 0.382 e. The minimum Gasteiger partial charge on any atom is -0.382 e. The molecule has 0 spiro atoms. The van der Waals surface area contributed by atoms with Gasteiger partial charge in [-0.1, -0.05) is 23.7 Å². The van der Waals surface area contributed by atoms with E-state index in [2.05, 4.69) is 15.4 Å². The normalized spacial score (nSPS) is 15.6. The fourth-order valence-electron chi connectivity index (χ4n) is 4.25. The van der Waals surface area contributed by atoms with Crippen molar-refractivity contribution in [2.75, 3.05) is 30.3 Å². The number of hydrogen-bond acceptors (Lipinski definition) is 6. The van der Waals surface area contributed by atoms with Gasteiger partial charge in [0.1, 0.15) is 17.4 Å². The highest BCUT2D eigenvalue weighted by Gasteiger charge is 2.44. The summed E-state index contributed by atoms with van der Waals surface area (Å²) in [4.78, 5) is 44.5. The molecule has 1 aliphatic rings. The first-order valence-corrected chi connectivity index (χ1v) is 11.2. The summed E-state index contributed by atoms with van der Waals surface area (Å²) in [6.07, 6.45) is 1.50. The van der Waals surface area contributed by atoms with Crippen LogP contribution in [0.4, 0.5) is 11.5 Å². The number of carbonyl (C=O) groups excluding carboxylic acids is 3. The van der Waals surface area contributed by atoms with Gasteiger partial charge >= 0.3 is 0 Å². The van der Waals surface area contributed by atoms with Gasteiger partial charge in [-0.25, -0.2) is 9.50 Å². The summed E-state index contributed by atoms with van der Waals surface area (Å²) in [5.74, 6) is -0.280. The summed E-state index contributed by atoms with van der Waals surface area (Å²) in [5, 5.41) is 7.33. The Hall–Kier alpha value is -3.66. The molecule has 3 N–H and O–H groups in total. The zero-order valence-corrected chi connectivity index (χ0v) is 20.0. The Morgan fingerprint density at radius 2 is 2.00 bits per heavy atom. The third kappa shape index (κ3) is 4.16. The standard InChI is InChI=1S/C23H26ClN7O3/c1-14(32)26-8-7-19(33)30-10-9-29(22(34)23(30,2)3)16-6-4-5-15(11-16)18-12-17(24)20-21(25)27-13-28-31(18)20/h4-6,11-13H,7-10H2,1-3H3,(H,26,32)(H2,25,27,28). The maximum Gasteiger partial charge on any atom is 0.252 e. The molecule has 1 aliphatic heterocycles. The van der Waals surface area contributed by atoms with Crippen LogP contribution < -0.4 is 16.0 Å². The van der Waals surface area contributed by atoms with E-state index in [0.717, 1.165) is 11.3 Å². The van der Waals surface area contributed by atoms with Gasteiger partial charge in [-0.3, -0.25) is 14.4 Å². The van der Waals surface area contributed by atoms with Crippen molar-refractivity contribution in [3.8, 4) is 11.3 Å². The Morgan fingerprint density at radius 1 is 1.24 bits per heavy atom. The molecule has 3 heterocycles. The lowest BCUT2D eigenvalue weighted by Gasteiger charge is -2.46. The van der Waals surface area contributed by atoms with Gasteiger partial charge in [-0.2, -0.15) is 5.10 Å². The lowest BCUT2D eigenvalue weighted by Crippen LogP contribution is -2.65. The zero-order chi connectivity index (χ0) is 24.6. The van der Waals surface area contributed by atoms with Crippen molar-refractivity contribution in [2.45, 2.75) is 32.7 Å². The van der Waals surface area contributed by atoms with E-state index in [1.54, 1.807) is 34.2 Å². The third-order valence-electron chi connectivity index (χ3n) is 5.99. The van der Waals surface area contributed by atoms with Gasteiger partial charge in [-0.15, -0.1) is 0 Å². The third-order valence-corrected chi connectivity index (χ3v) is 6.28. The predicted molar refractivity (Wildman–Crippen MR) is 129 cm³/mol. The maximum atomic E-state index is 13.5. The van der Waals surface area contributed by atoms with E-state index in [1.165, 1.54) is 13.3 Å². The summed E-state index contributed by atoms with van der Waals surface area (Å²) in [6, 6.07) is 9.26. The van der Waals surface area contributed by atoms with Crippen LogP contribution in [0.25, 0.3) is 16.8 Å². The molecule has 1 saturated heterocycles. The lowest BCUT2D eigenvalue weighted by molar-refractivity contribution is -0.147. The summed E-state index contributed by atoms with van der Waals surface area (Å²) >= 11 is 6.38. The molecule has 11 heteroatoms. The molecule has 3 amide bonds. The summed E-state index contributed by atoms with van der Waals surface area (Å²) in [5.41, 5.74) is 7.67. The van der Waals surface area contributed by atoms with Gasteiger partial charge in [0.2, 0.25) is 11.8 Å². The number of nitrogen functional groups attached to an aromatic ring is 1. The van der Waals surface area contributed by atoms with E-state index in [1.807, 2.05) is 24.3 Å². The Balaban J connectivity index is 1.60. The maximum absolute atomic E-state index is 13.5. The second kappa shape index (κ2) is 8.94. The van der Waals surface area contributed by atoms with Crippen molar-refractivity contribution in [3.05, 3.63) is 41.7 Å². The smallest absolute Gasteiger partial charge is 0.252 e. The van der Waals surface area contributed by atoms with E-state index in [-0.39, 0.29) is 36.5 Å². The molecule has 3 aromatic rings. The van der Waals surface area contributed by atoms with Gasteiger partial charge in [-0.05, 0) is 32.0 Å². The highest BCUT2D eigenvalue weighted by Crippen LogP contribution is 2.34. The Labute approximate surface area is 201 Å². The number of nitrogens with two attached hydrogens (primary N) is 1. The topological polar surface area (TPSA) is 126 Å². The molecule has 34 heavy (non-hydrogen) atoms. The number of fused-ring (bicyclic) bond motifs is 1. The molecule has 0 bridgehead atoms. The summed E-state index contributed by atoms with van der Waals surface area (Å²) in [7, 11) is 0. The number of anilines is 2. The second-order valence-electron chi connectivity index (χ2n) is 8.63. The molecule has 10 nitrogen and oxygen atoms in total. The molecule has 1 fully saturated rings. The van der Waals surface area contributed by atoms with E-state index in [4.69, 9.17) is 17.3 Å². The van der Waals surface area contributed by atoms with Crippen molar-refractivity contribution < 1.29 is 14.4 Å². The minimum atomic E-state index is -1.03. The molecule has 1 aromatic carbocycles. The molecular formula is C23H26ClN7O3. The SMILES string of the molecule is CC(=O)NCCC(=O)N1CCN(c2cccc(-c3cc(Cl)c4c(N)ncnn34)c2)C(=O)C1(C)C. The van der Waals surface area contributed by atoms with Crippen molar-refractivity contribution in [1.29, 1.82) is 0 Å². The minimum absolute atomic E-state index is 0.138. The number of piperazine rings is 1. The molecule has 0 atom stereocenters. The van der Waals surface area contributed by atoms with Crippen LogP contribution in [0.1, 0.15) is 27.2 Å². The van der Waals surface area contributed by atoms with Crippen LogP contribution in [0.2, 0.25) is 5.02 Å². The van der Waals surface area contributed by atoms with Crippen molar-refractivity contribution in [3.63, 3.8) is 0 Å². The number of halogens is 1. The molecule has 0 saturated carbocycles. The average molecular weight is 484 g/mol. The van der Waals surface area contributed by atoms with Gasteiger partial charge in [0.25, 0.3) is 5.91 Å². The highest BCUT2D eigenvalue weighted by molar-refractivity contribution is 6.35. The number of hydrogen-bond donors (Lipinski definition) is 2. The Bertz CT molecular complexity index is 1290. The van der Waals surface area contributed by atoms with Crippen molar-refractivity contribution >= 4 is 46.3 Å². The van der Waals surface area contributed by atoms with Crippen LogP contribution in [0.3, 0.4) is 0 Å². The second-order valence-corrected chi connectivity index (χ2v) is 9.03. The van der Waals surface area contributed by atoms with Crippen molar-refractivity contribution in [1.82, 2.24) is 24.8 Å². The van der Waals surface area contributed by atoms with Crippen LogP contribution >= 0.6 is 11.6 Å². The Kier molecular flexibility index (Phi) is 6.18. The predicted octanol–water partition coefficient (Wildman–Crippen LogP) is 2.11. The number of aromatic nitrogens is 3. The van der Waals surface area contributed by atoms with Crippen LogP contribution in [0.5, 0.6) is 0 Å². The number of rotatable bonds is 5.